The molecule has 2 aromatic heterocycles. The summed E-state index contributed by atoms with van der Waals surface area (Å²) in [6.07, 6.45) is 4.76. The molecule has 1 saturated heterocycles. The van der Waals surface area contributed by atoms with Crippen LogP contribution in [-0.2, 0) is 20.0 Å². The van der Waals surface area contributed by atoms with Crippen LogP contribution in [0.5, 0.6) is 5.75 Å². The lowest BCUT2D eigenvalue weighted by Gasteiger charge is -2.40. The molecule has 5 rings (SSSR count). The van der Waals surface area contributed by atoms with Crippen LogP contribution in [0.4, 0.5) is 0 Å². The number of methoxy groups -OCH3 is 1. The lowest BCUT2D eigenvalue weighted by molar-refractivity contribution is 0.0593. The molecule has 0 radical (unpaired) electrons. The van der Waals surface area contributed by atoms with E-state index in [4.69, 9.17) is 4.74 Å². The number of likely N-dealkylation sites (N-methyl/N-ethyl adjacent to an activating group) is 1. The molecule has 192 valence electrons. The van der Waals surface area contributed by atoms with Crippen LogP contribution in [0.3, 0.4) is 0 Å². The van der Waals surface area contributed by atoms with Crippen molar-refractivity contribution < 1.29 is 9.53 Å². The second kappa shape index (κ2) is 11.2. The Bertz CT molecular complexity index is 1340. The van der Waals surface area contributed by atoms with Crippen molar-refractivity contribution in [2.45, 2.75) is 31.8 Å². The fourth-order valence-electron chi connectivity index (χ4n) is 5.73. The van der Waals surface area contributed by atoms with E-state index in [0.29, 0.717) is 12.0 Å². The number of piperidine rings is 1. The maximum absolute atomic E-state index is 13.5. The number of aromatic nitrogens is 2. The summed E-state index contributed by atoms with van der Waals surface area (Å²) in [5.41, 5.74) is 4.20. The van der Waals surface area contributed by atoms with Gasteiger partial charge in [0.2, 0.25) is 0 Å². The van der Waals surface area contributed by atoms with Gasteiger partial charge in [-0.05, 0) is 74.2 Å². The van der Waals surface area contributed by atoms with Crippen LogP contribution in [0.25, 0.3) is 10.9 Å². The van der Waals surface area contributed by atoms with Gasteiger partial charge in [-0.1, -0.05) is 36.4 Å². The number of likely N-dealkylation sites (tertiary alicyclic amines) is 1. The number of fused-ring (bicyclic) bond motifs is 1. The molecule has 6 nitrogen and oxygen atoms in total. The molecule has 2 aromatic carbocycles. The maximum Gasteiger partial charge on any atom is 0.270 e. The number of benzene rings is 2. The Kier molecular flexibility index (Phi) is 7.56. The highest BCUT2D eigenvalue weighted by Gasteiger charge is 2.32. The van der Waals surface area contributed by atoms with Crippen LogP contribution in [0.1, 0.15) is 34.6 Å². The van der Waals surface area contributed by atoms with Gasteiger partial charge in [-0.2, -0.15) is 0 Å². The van der Waals surface area contributed by atoms with Gasteiger partial charge in [0.15, 0.2) is 0 Å². The summed E-state index contributed by atoms with van der Waals surface area (Å²) >= 11 is 0. The largest absolute Gasteiger partial charge is 0.497 e. The lowest BCUT2D eigenvalue weighted by atomic mass is 9.84. The maximum atomic E-state index is 13.5. The van der Waals surface area contributed by atoms with Crippen molar-refractivity contribution in [3.05, 3.63) is 95.9 Å². The predicted octanol–water partition coefficient (Wildman–Crippen LogP) is 5.18. The first-order chi connectivity index (χ1) is 18.0. The molecule has 1 aliphatic heterocycles. The van der Waals surface area contributed by atoms with Gasteiger partial charge in [0.05, 0.1) is 12.8 Å². The summed E-state index contributed by atoms with van der Waals surface area (Å²) in [5, 5.41) is 1.11. The highest BCUT2D eigenvalue weighted by molar-refractivity contribution is 5.98. The zero-order valence-electron chi connectivity index (χ0n) is 22.0. The number of hydrogen-bond acceptors (Lipinski definition) is 4. The van der Waals surface area contributed by atoms with E-state index < -0.39 is 0 Å². The predicted molar refractivity (Wildman–Crippen MR) is 148 cm³/mol. The average Bonchev–Trinajstić information content (AvgIpc) is 3.28. The van der Waals surface area contributed by atoms with Crippen molar-refractivity contribution in [2.24, 2.45) is 13.0 Å². The van der Waals surface area contributed by atoms with E-state index in [9.17, 15) is 4.79 Å². The first kappa shape index (κ1) is 25.0. The molecule has 0 saturated carbocycles. The number of para-hydroxylation sites is 1. The normalized spacial score (nSPS) is 15.3. The summed E-state index contributed by atoms with van der Waals surface area (Å²) in [7, 11) is 5.90. The summed E-state index contributed by atoms with van der Waals surface area (Å²) in [6.45, 7) is 2.35. The van der Waals surface area contributed by atoms with Crippen molar-refractivity contribution in [3.8, 4) is 5.75 Å². The van der Waals surface area contributed by atoms with E-state index in [2.05, 4.69) is 53.3 Å². The van der Waals surface area contributed by atoms with Crippen molar-refractivity contribution in [1.29, 1.82) is 0 Å². The molecule has 4 aromatic rings. The number of carbonyl (C=O) groups is 1. The highest BCUT2D eigenvalue weighted by Crippen LogP contribution is 2.29. The Morgan fingerprint density at radius 1 is 1.05 bits per heavy atom. The van der Waals surface area contributed by atoms with Gasteiger partial charge >= 0.3 is 0 Å². The van der Waals surface area contributed by atoms with Gasteiger partial charge in [-0.3, -0.25) is 14.7 Å². The highest BCUT2D eigenvalue weighted by atomic mass is 16.5. The minimum atomic E-state index is 0.128. The molecule has 1 atom stereocenters. The minimum absolute atomic E-state index is 0.128. The van der Waals surface area contributed by atoms with Crippen molar-refractivity contribution in [2.75, 3.05) is 27.2 Å². The van der Waals surface area contributed by atoms with Crippen molar-refractivity contribution in [3.63, 3.8) is 0 Å². The molecule has 1 fully saturated rings. The second-order valence-electron chi connectivity index (χ2n) is 10.1. The number of amides is 1. The Morgan fingerprint density at radius 3 is 2.57 bits per heavy atom. The lowest BCUT2D eigenvalue weighted by Crippen LogP contribution is -2.46. The number of nitrogens with zero attached hydrogens (tertiary/aromatic N) is 4. The van der Waals surface area contributed by atoms with Crippen molar-refractivity contribution >= 4 is 16.8 Å². The fourth-order valence-corrected chi connectivity index (χ4v) is 5.73. The van der Waals surface area contributed by atoms with Gasteiger partial charge in [0.25, 0.3) is 5.91 Å². The number of ether oxygens (including phenoxy) is 1. The zero-order valence-corrected chi connectivity index (χ0v) is 22.0. The van der Waals surface area contributed by atoms with Crippen LogP contribution in [0.15, 0.2) is 79.0 Å². The SMILES string of the molecule is COc1cccc(C[C@H](C2CCN(C(=O)c3cc4ccccc4n3C)CC2)N(C)Cc2ccccn2)c1. The van der Waals surface area contributed by atoms with Crippen LogP contribution >= 0.6 is 0 Å². The number of rotatable bonds is 8. The summed E-state index contributed by atoms with van der Waals surface area (Å²) in [4.78, 5) is 22.5. The van der Waals surface area contributed by atoms with Gasteiger partial charge < -0.3 is 14.2 Å². The molecule has 1 amide bonds. The molecule has 0 N–H and O–H groups in total. The standard InChI is InChI=1S/C31H36N4O2/c1-33(22-26-11-6-7-16-32-26)29(20-23-9-8-12-27(19-23)37-3)24-14-17-35(18-15-24)31(36)30-21-25-10-4-5-13-28(25)34(30)2/h4-13,16,19,21,24,29H,14-15,17-18,20,22H2,1-3H3/t29-/m1/s1. The van der Waals surface area contributed by atoms with Crippen LogP contribution in [0.2, 0.25) is 0 Å². The molecule has 6 heteroatoms. The molecule has 1 aliphatic rings. The van der Waals surface area contributed by atoms with Crippen LogP contribution in [0, 0.1) is 5.92 Å². The molecule has 3 heterocycles. The third-order valence-electron chi connectivity index (χ3n) is 7.82. The van der Waals surface area contributed by atoms with E-state index >= 15 is 0 Å². The van der Waals surface area contributed by atoms with E-state index in [1.54, 1.807) is 7.11 Å². The topological polar surface area (TPSA) is 50.6 Å². The third-order valence-corrected chi connectivity index (χ3v) is 7.82. The molecular formula is C31H36N4O2. The summed E-state index contributed by atoms with van der Waals surface area (Å²) in [5.74, 6) is 1.50. The van der Waals surface area contributed by atoms with E-state index in [0.717, 1.165) is 66.9 Å². The Morgan fingerprint density at radius 2 is 1.84 bits per heavy atom. The average molecular weight is 497 g/mol. The molecule has 37 heavy (non-hydrogen) atoms. The van der Waals surface area contributed by atoms with Crippen molar-refractivity contribution in [1.82, 2.24) is 19.4 Å². The Labute approximate surface area is 219 Å². The first-order valence-electron chi connectivity index (χ1n) is 13.1. The number of carbonyl (C=O) groups excluding carboxylic acids is 1. The molecule has 0 unspecified atom stereocenters. The molecule has 0 bridgehead atoms. The third kappa shape index (κ3) is 5.54. The monoisotopic (exact) mass is 496 g/mol. The summed E-state index contributed by atoms with van der Waals surface area (Å²) < 4.78 is 7.51. The van der Waals surface area contributed by atoms with Crippen LogP contribution in [-0.4, -0.2) is 58.5 Å². The Balaban J connectivity index is 1.31. The van der Waals surface area contributed by atoms with Gasteiger partial charge in [-0.25, -0.2) is 0 Å². The second-order valence-corrected chi connectivity index (χ2v) is 10.1. The number of pyridine rings is 1. The smallest absolute Gasteiger partial charge is 0.270 e. The first-order valence-corrected chi connectivity index (χ1v) is 13.1. The van der Waals surface area contributed by atoms with E-state index in [-0.39, 0.29) is 5.91 Å². The van der Waals surface area contributed by atoms with Gasteiger partial charge in [0.1, 0.15) is 11.4 Å². The van der Waals surface area contributed by atoms with E-state index in [1.807, 2.05) is 59.1 Å². The zero-order chi connectivity index (χ0) is 25.8. The molecule has 0 spiro atoms. The number of hydrogen-bond donors (Lipinski definition) is 0. The van der Waals surface area contributed by atoms with Crippen LogP contribution < -0.4 is 4.74 Å². The number of aryl methyl sites for hydroxylation is 1. The quantitative estimate of drug-likeness (QED) is 0.337. The summed E-state index contributed by atoms with van der Waals surface area (Å²) in [6, 6.07) is 25.0. The van der Waals surface area contributed by atoms with Gasteiger partial charge in [0, 0.05) is 49.8 Å². The minimum Gasteiger partial charge on any atom is -0.497 e. The molecule has 0 aliphatic carbocycles. The van der Waals surface area contributed by atoms with Gasteiger partial charge in [-0.15, -0.1) is 0 Å². The molecular weight excluding hydrogens is 460 g/mol. The van der Waals surface area contributed by atoms with E-state index in [1.165, 1.54) is 5.56 Å². The fraction of sp³-hybridized carbons (Fsp3) is 0.355. The Hall–Kier alpha value is -3.64.